The average Bonchev–Trinajstić information content (AvgIpc) is 2.45. The van der Waals surface area contributed by atoms with E-state index in [-0.39, 0.29) is 6.61 Å². The Morgan fingerprint density at radius 2 is 2.10 bits per heavy atom. The molecule has 0 bridgehead atoms. The van der Waals surface area contributed by atoms with Crippen molar-refractivity contribution >= 4 is 12.4 Å². The zero-order valence-corrected chi connectivity index (χ0v) is 11.4. The highest BCUT2D eigenvalue weighted by Gasteiger charge is 2.29. The molecule has 2 N–H and O–H groups in total. The van der Waals surface area contributed by atoms with Gasteiger partial charge in [0.2, 0.25) is 6.41 Å². The van der Waals surface area contributed by atoms with Crippen LogP contribution in [0.5, 0.6) is 0 Å². The van der Waals surface area contributed by atoms with E-state index in [0.29, 0.717) is 18.4 Å². The second-order valence-electron chi connectivity index (χ2n) is 4.28. The summed E-state index contributed by atoms with van der Waals surface area (Å²) in [6.07, 6.45) is -0.418. The molecule has 0 saturated heterocycles. The second kappa shape index (κ2) is 8.12. The van der Waals surface area contributed by atoms with Crippen LogP contribution in [0.3, 0.4) is 0 Å². The van der Waals surface area contributed by atoms with Gasteiger partial charge in [-0.15, -0.1) is 0 Å². The van der Waals surface area contributed by atoms with Crippen LogP contribution in [0.2, 0.25) is 0 Å². The first-order chi connectivity index (χ1) is 9.60. The van der Waals surface area contributed by atoms with E-state index >= 15 is 0 Å². The number of amides is 1. The summed E-state index contributed by atoms with van der Waals surface area (Å²) >= 11 is 0. The number of esters is 1. The van der Waals surface area contributed by atoms with Crippen LogP contribution in [0.1, 0.15) is 12.5 Å². The fraction of sp³-hybridized carbons (Fsp3) is 0.333. The van der Waals surface area contributed by atoms with Crippen LogP contribution >= 0.6 is 0 Å². The van der Waals surface area contributed by atoms with Gasteiger partial charge in [-0.2, -0.15) is 0 Å². The van der Waals surface area contributed by atoms with Crippen LogP contribution < -0.4 is 5.32 Å². The molecule has 0 fully saturated rings. The Morgan fingerprint density at radius 1 is 1.45 bits per heavy atom. The standard InChI is InChI=1S/C15H19NO4/c1-3-20-15(19)13(16-10-17)14(18)11(2)9-12-7-5-4-6-8-12/h4-8,10,13-14,18H,2-3,9H2,1H3,(H,16,17). The molecule has 1 rings (SSSR count). The van der Waals surface area contributed by atoms with Crippen LogP contribution in [0, 0.1) is 0 Å². The topological polar surface area (TPSA) is 75.6 Å². The SMILES string of the molecule is C=C(Cc1ccccc1)C(O)C(NC=O)C(=O)OCC. The Hall–Kier alpha value is -2.14. The number of hydrogen-bond donors (Lipinski definition) is 2. The maximum atomic E-state index is 11.7. The predicted molar refractivity (Wildman–Crippen MR) is 74.9 cm³/mol. The summed E-state index contributed by atoms with van der Waals surface area (Å²) in [6, 6.07) is 8.29. The number of ether oxygens (including phenoxy) is 1. The van der Waals surface area contributed by atoms with Crippen molar-refractivity contribution in [2.45, 2.75) is 25.5 Å². The molecule has 0 aliphatic heterocycles. The predicted octanol–water partition coefficient (Wildman–Crippen LogP) is 0.824. The van der Waals surface area contributed by atoms with Gasteiger partial charge in [-0.3, -0.25) is 4.79 Å². The van der Waals surface area contributed by atoms with Gasteiger partial charge in [-0.1, -0.05) is 36.9 Å². The highest BCUT2D eigenvalue weighted by atomic mass is 16.5. The third kappa shape index (κ3) is 4.51. The van der Waals surface area contributed by atoms with Gasteiger partial charge in [-0.25, -0.2) is 4.79 Å². The Labute approximate surface area is 118 Å². The minimum Gasteiger partial charge on any atom is -0.464 e. The first-order valence-electron chi connectivity index (χ1n) is 6.36. The van der Waals surface area contributed by atoms with Crippen molar-refractivity contribution in [2.75, 3.05) is 6.61 Å². The Morgan fingerprint density at radius 3 is 2.65 bits per heavy atom. The number of nitrogens with one attached hydrogen (secondary N) is 1. The minimum absolute atomic E-state index is 0.174. The molecule has 5 nitrogen and oxygen atoms in total. The molecule has 0 heterocycles. The van der Waals surface area contributed by atoms with Crippen molar-refractivity contribution in [1.29, 1.82) is 0 Å². The number of aliphatic hydroxyl groups is 1. The van der Waals surface area contributed by atoms with Gasteiger partial charge in [0, 0.05) is 0 Å². The van der Waals surface area contributed by atoms with E-state index in [1.54, 1.807) is 6.92 Å². The summed E-state index contributed by atoms with van der Waals surface area (Å²) in [5.41, 5.74) is 1.40. The Balaban J connectivity index is 2.73. The fourth-order valence-electron chi connectivity index (χ4n) is 1.79. The molecule has 2 atom stereocenters. The molecule has 1 aromatic carbocycles. The van der Waals surface area contributed by atoms with Crippen molar-refractivity contribution in [1.82, 2.24) is 5.32 Å². The maximum Gasteiger partial charge on any atom is 0.331 e. The largest absolute Gasteiger partial charge is 0.464 e. The third-order valence-electron chi connectivity index (χ3n) is 2.80. The lowest BCUT2D eigenvalue weighted by Gasteiger charge is -2.22. The molecule has 1 aromatic rings. The van der Waals surface area contributed by atoms with Gasteiger partial charge in [-0.05, 0) is 24.5 Å². The maximum absolute atomic E-state index is 11.7. The van der Waals surface area contributed by atoms with E-state index in [2.05, 4.69) is 11.9 Å². The van der Waals surface area contributed by atoms with Gasteiger partial charge in [0.1, 0.15) is 6.10 Å². The quantitative estimate of drug-likeness (QED) is 0.419. The zero-order chi connectivity index (χ0) is 15.0. The van der Waals surface area contributed by atoms with E-state index in [9.17, 15) is 14.7 Å². The lowest BCUT2D eigenvalue weighted by Crippen LogP contribution is -2.47. The smallest absolute Gasteiger partial charge is 0.331 e. The highest BCUT2D eigenvalue weighted by molar-refractivity contribution is 5.79. The second-order valence-corrected chi connectivity index (χ2v) is 4.28. The van der Waals surface area contributed by atoms with Gasteiger partial charge in [0.15, 0.2) is 6.04 Å². The zero-order valence-electron chi connectivity index (χ0n) is 11.4. The molecular formula is C15H19NO4. The highest BCUT2D eigenvalue weighted by Crippen LogP contribution is 2.13. The third-order valence-corrected chi connectivity index (χ3v) is 2.80. The average molecular weight is 277 g/mol. The van der Waals surface area contributed by atoms with E-state index in [1.807, 2.05) is 30.3 Å². The summed E-state index contributed by atoms with van der Waals surface area (Å²) in [6.45, 7) is 5.61. The van der Waals surface area contributed by atoms with Crippen molar-refractivity contribution < 1.29 is 19.4 Å². The monoisotopic (exact) mass is 277 g/mol. The van der Waals surface area contributed by atoms with Crippen molar-refractivity contribution in [3.63, 3.8) is 0 Å². The Kier molecular flexibility index (Phi) is 6.46. The summed E-state index contributed by atoms with van der Waals surface area (Å²) in [5.74, 6) is -0.679. The Bertz CT molecular complexity index is 458. The van der Waals surface area contributed by atoms with Crippen molar-refractivity contribution in [3.05, 3.63) is 48.0 Å². The summed E-state index contributed by atoms with van der Waals surface area (Å²) in [7, 11) is 0. The summed E-state index contributed by atoms with van der Waals surface area (Å²) in [5, 5.41) is 12.4. The van der Waals surface area contributed by atoms with Crippen LogP contribution in [0.4, 0.5) is 0 Å². The lowest BCUT2D eigenvalue weighted by molar-refractivity contribution is -0.149. The molecule has 0 aliphatic rings. The molecule has 0 radical (unpaired) electrons. The first kappa shape index (κ1) is 15.9. The molecule has 20 heavy (non-hydrogen) atoms. The van der Waals surface area contributed by atoms with Gasteiger partial charge in [0.05, 0.1) is 6.61 Å². The van der Waals surface area contributed by atoms with Crippen LogP contribution in [-0.2, 0) is 20.7 Å². The molecule has 0 saturated carbocycles. The number of hydrogen-bond acceptors (Lipinski definition) is 4. The number of benzene rings is 1. The molecular weight excluding hydrogens is 258 g/mol. The molecule has 108 valence electrons. The molecule has 0 aromatic heterocycles. The fourth-order valence-corrected chi connectivity index (χ4v) is 1.79. The summed E-state index contributed by atoms with van der Waals surface area (Å²) < 4.78 is 4.82. The van der Waals surface area contributed by atoms with Crippen LogP contribution in [-0.4, -0.2) is 36.2 Å². The lowest BCUT2D eigenvalue weighted by atomic mass is 9.97. The van der Waals surface area contributed by atoms with E-state index in [1.165, 1.54) is 0 Å². The van der Waals surface area contributed by atoms with Gasteiger partial charge in [0.25, 0.3) is 0 Å². The van der Waals surface area contributed by atoms with Gasteiger partial charge >= 0.3 is 5.97 Å². The van der Waals surface area contributed by atoms with Crippen LogP contribution in [0.15, 0.2) is 42.5 Å². The number of carbonyl (C=O) groups excluding carboxylic acids is 2. The number of rotatable bonds is 8. The van der Waals surface area contributed by atoms with Crippen molar-refractivity contribution in [2.24, 2.45) is 0 Å². The summed E-state index contributed by atoms with van der Waals surface area (Å²) in [4.78, 5) is 22.2. The van der Waals surface area contributed by atoms with E-state index in [0.717, 1.165) is 5.56 Å². The van der Waals surface area contributed by atoms with E-state index < -0.39 is 18.1 Å². The molecule has 0 aliphatic carbocycles. The number of carbonyl (C=O) groups is 2. The first-order valence-corrected chi connectivity index (χ1v) is 6.36. The molecule has 0 spiro atoms. The van der Waals surface area contributed by atoms with Gasteiger partial charge < -0.3 is 15.2 Å². The molecule has 1 amide bonds. The molecule has 2 unspecified atom stereocenters. The van der Waals surface area contributed by atoms with Crippen molar-refractivity contribution in [3.8, 4) is 0 Å². The van der Waals surface area contributed by atoms with E-state index in [4.69, 9.17) is 4.74 Å². The van der Waals surface area contributed by atoms with Crippen LogP contribution in [0.25, 0.3) is 0 Å². The molecule has 5 heteroatoms. The normalized spacial score (nSPS) is 13.1. The minimum atomic E-state index is -1.19. The number of aliphatic hydroxyl groups excluding tert-OH is 1.